The van der Waals surface area contributed by atoms with E-state index in [0.717, 1.165) is 4.31 Å². The maximum absolute atomic E-state index is 14.2. The van der Waals surface area contributed by atoms with Crippen molar-refractivity contribution in [2.24, 2.45) is 0 Å². The molecule has 0 N–H and O–H groups in total. The van der Waals surface area contributed by atoms with Gasteiger partial charge >= 0.3 is 0 Å². The molecule has 7 heteroatoms. The van der Waals surface area contributed by atoms with Gasteiger partial charge in [0.2, 0.25) is 0 Å². The topological polar surface area (TPSA) is 46.6 Å². The summed E-state index contributed by atoms with van der Waals surface area (Å²) in [4.78, 5) is 0.0691. The number of nitrogens with zero attached hydrogens (tertiary/aromatic N) is 1. The molecule has 0 bridgehead atoms. The second kappa shape index (κ2) is 7.98. The molecule has 0 saturated carbocycles. The van der Waals surface area contributed by atoms with Crippen LogP contribution in [0.1, 0.15) is 5.56 Å². The molecule has 0 amide bonds. The molecule has 4 nitrogen and oxygen atoms in total. The molecule has 0 aliphatic rings. The van der Waals surface area contributed by atoms with Crippen molar-refractivity contribution in [3.63, 3.8) is 0 Å². The fraction of sp³-hybridized carbons (Fsp3) is 0.100. The van der Waals surface area contributed by atoms with Crippen molar-refractivity contribution >= 4 is 27.3 Å². The standard InChI is InChI=1S/C20H17ClFNO3S/c1-26-18-9-11-19(12-10-18)27(24,25)23(17-7-4-6-16(21)13-17)14-15-5-2-3-8-20(15)22/h2-13H,14H2,1H3. The third-order valence-corrected chi connectivity index (χ3v) is 6.04. The summed E-state index contributed by atoms with van der Waals surface area (Å²) in [7, 11) is -2.46. The van der Waals surface area contributed by atoms with E-state index in [0.29, 0.717) is 16.5 Å². The molecule has 140 valence electrons. The van der Waals surface area contributed by atoms with E-state index in [-0.39, 0.29) is 17.0 Å². The average molecular weight is 406 g/mol. The van der Waals surface area contributed by atoms with E-state index >= 15 is 0 Å². The van der Waals surface area contributed by atoms with Gasteiger partial charge in [-0.25, -0.2) is 12.8 Å². The van der Waals surface area contributed by atoms with Gasteiger partial charge in [-0.2, -0.15) is 0 Å². The average Bonchev–Trinajstić information content (AvgIpc) is 2.67. The van der Waals surface area contributed by atoms with Crippen LogP contribution in [-0.4, -0.2) is 15.5 Å². The molecule has 3 aromatic carbocycles. The van der Waals surface area contributed by atoms with Crippen LogP contribution in [0.3, 0.4) is 0 Å². The monoisotopic (exact) mass is 405 g/mol. The lowest BCUT2D eigenvalue weighted by atomic mass is 10.2. The van der Waals surface area contributed by atoms with Crippen molar-refractivity contribution < 1.29 is 17.5 Å². The Morgan fingerprint density at radius 1 is 1.00 bits per heavy atom. The third-order valence-electron chi connectivity index (χ3n) is 4.02. The number of ether oxygens (including phenoxy) is 1. The van der Waals surface area contributed by atoms with Gasteiger partial charge < -0.3 is 4.74 Å². The molecule has 0 aliphatic heterocycles. The molecule has 3 rings (SSSR count). The predicted molar refractivity (Wildman–Crippen MR) is 104 cm³/mol. The molecule has 27 heavy (non-hydrogen) atoms. The molecule has 0 fully saturated rings. The second-order valence-corrected chi connectivity index (χ2v) is 8.06. The molecule has 3 aromatic rings. The van der Waals surface area contributed by atoms with Crippen molar-refractivity contribution in [3.8, 4) is 5.75 Å². The minimum absolute atomic E-state index is 0.0691. The van der Waals surface area contributed by atoms with Gasteiger partial charge in [0.05, 0.1) is 24.2 Å². The third kappa shape index (κ3) is 4.23. The van der Waals surface area contributed by atoms with Gasteiger partial charge in [0, 0.05) is 10.6 Å². The number of sulfonamides is 1. The number of rotatable bonds is 6. The Hall–Kier alpha value is -2.57. The smallest absolute Gasteiger partial charge is 0.264 e. The summed E-state index contributed by atoms with van der Waals surface area (Å²) in [6, 6.07) is 18.5. The zero-order valence-electron chi connectivity index (χ0n) is 14.5. The van der Waals surface area contributed by atoms with Crippen molar-refractivity contribution in [1.29, 1.82) is 0 Å². The minimum atomic E-state index is -3.96. The van der Waals surface area contributed by atoms with E-state index < -0.39 is 15.8 Å². The van der Waals surface area contributed by atoms with Crippen LogP contribution < -0.4 is 9.04 Å². The maximum atomic E-state index is 14.2. The van der Waals surface area contributed by atoms with Gasteiger partial charge in [-0.1, -0.05) is 35.9 Å². The first-order valence-electron chi connectivity index (χ1n) is 8.07. The Bertz CT molecular complexity index is 1040. The summed E-state index contributed by atoms with van der Waals surface area (Å²) in [6.45, 7) is -0.165. The fourth-order valence-corrected chi connectivity index (χ4v) is 4.22. The van der Waals surface area contributed by atoms with E-state index in [1.807, 2.05) is 0 Å². The lowest BCUT2D eigenvalue weighted by molar-refractivity contribution is 0.414. The Morgan fingerprint density at radius 2 is 1.70 bits per heavy atom. The zero-order chi connectivity index (χ0) is 19.4. The first kappa shape index (κ1) is 19.2. The van der Waals surface area contributed by atoms with Crippen molar-refractivity contribution in [3.05, 3.63) is 89.2 Å². The number of anilines is 1. The van der Waals surface area contributed by atoms with Crippen LogP contribution in [0.5, 0.6) is 5.75 Å². The van der Waals surface area contributed by atoms with Crippen LogP contribution in [-0.2, 0) is 16.6 Å². The second-order valence-electron chi connectivity index (χ2n) is 5.76. The normalized spacial score (nSPS) is 11.2. The van der Waals surface area contributed by atoms with Gasteiger partial charge in [0.15, 0.2) is 0 Å². The quantitative estimate of drug-likeness (QED) is 0.587. The van der Waals surface area contributed by atoms with E-state index in [2.05, 4.69) is 0 Å². The molecular formula is C20H17ClFNO3S. The van der Waals surface area contributed by atoms with E-state index in [9.17, 15) is 12.8 Å². The molecule has 0 unspecified atom stereocenters. The Balaban J connectivity index is 2.09. The first-order valence-corrected chi connectivity index (χ1v) is 9.89. The Labute approximate surface area is 162 Å². The van der Waals surface area contributed by atoms with Crippen LogP contribution in [0.4, 0.5) is 10.1 Å². The maximum Gasteiger partial charge on any atom is 0.264 e. The number of halogens is 2. The van der Waals surface area contributed by atoms with E-state index in [1.54, 1.807) is 48.5 Å². The van der Waals surface area contributed by atoms with Crippen LogP contribution in [0.25, 0.3) is 0 Å². The van der Waals surface area contributed by atoms with Crippen LogP contribution in [0.2, 0.25) is 5.02 Å². The summed E-state index contributed by atoms with van der Waals surface area (Å²) >= 11 is 6.05. The highest BCUT2D eigenvalue weighted by atomic mass is 35.5. The summed E-state index contributed by atoms with van der Waals surface area (Å²) < 4.78 is 46.9. The van der Waals surface area contributed by atoms with Gasteiger partial charge in [0.1, 0.15) is 11.6 Å². The number of hydrogen-bond acceptors (Lipinski definition) is 3. The summed E-state index contributed by atoms with van der Waals surface area (Å²) in [5, 5.41) is 0.385. The molecule has 0 aromatic heterocycles. The molecule has 0 heterocycles. The summed E-state index contributed by atoms with van der Waals surface area (Å²) in [5.74, 6) is 0.0619. The highest BCUT2D eigenvalue weighted by molar-refractivity contribution is 7.92. The molecule has 0 spiro atoms. The highest BCUT2D eigenvalue weighted by Crippen LogP contribution is 2.29. The molecule has 0 saturated heterocycles. The van der Waals surface area contributed by atoms with Crippen molar-refractivity contribution in [1.82, 2.24) is 0 Å². The van der Waals surface area contributed by atoms with Crippen LogP contribution >= 0.6 is 11.6 Å². The van der Waals surface area contributed by atoms with Gasteiger partial charge in [0.25, 0.3) is 10.0 Å². The minimum Gasteiger partial charge on any atom is -0.497 e. The molecule has 0 atom stereocenters. The largest absolute Gasteiger partial charge is 0.497 e. The van der Waals surface area contributed by atoms with Gasteiger partial charge in [-0.05, 0) is 48.5 Å². The Kier molecular flexibility index (Phi) is 5.68. The van der Waals surface area contributed by atoms with Crippen molar-refractivity contribution in [2.45, 2.75) is 11.4 Å². The lowest BCUT2D eigenvalue weighted by Gasteiger charge is -2.25. The lowest BCUT2D eigenvalue weighted by Crippen LogP contribution is -2.31. The first-order chi connectivity index (χ1) is 12.9. The van der Waals surface area contributed by atoms with Crippen LogP contribution in [0, 0.1) is 5.82 Å². The predicted octanol–water partition coefficient (Wildman–Crippen LogP) is 4.88. The number of benzene rings is 3. The zero-order valence-corrected chi connectivity index (χ0v) is 16.0. The Morgan fingerprint density at radius 3 is 2.33 bits per heavy atom. The molecule has 0 aliphatic carbocycles. The SMILES string of the molecule is COc1ccc(S(=O)(=O)N(Cc2ccccc2F)c2cccc(Cl)c2)cc1. The van der Waals surface area contributed by atoms with E-state index in [1.165, 1.54) is 31.4 Å². The highest BCUT2D eigenvalue weighted by Gasteiger charge is 2.26. The molecular weight excluding hydrogens is 389 g/mol. The summed E-state index contributed by atoms with van der Waals surface area (Å²) in [5.41, 5.74) is 0.608. The number of hydrogen-bond donors (Lipinski definition) is 0. The van der Waals surface area contributed by atoms with Gasteiger partial charge in [-0.15, -0.1) is 0 Å². The molecule has 0 radical (unpaired) electrons. The fourth-order valence-electron chi connectivity index (χ4n) is 2.60. The summed E-state index contributed by atoms with van der Waals surface area (Å²) in [6.07, 6.45) is 0. The van der Waals surface area contributed by atoms with E-state index in [4.69, 9.17) is 16.3 Å². The van der Waals surface area contributed by atoms with Crippen LogP contribution in [0.15, 0.2) is 77.7 Å². The number of methoxy groups -OCH3 is 1. The van der Waals surface area contributed by atoms with Gasteiger partial charge in [-0.3, -0.25) is 4.31 Å². The van der Waals surface area contributed by atoms with Crippen molar-refractivity contribution in [2.75, 3.05) is 11.4 Å².